The molecule has 0 fully saturated rings. The predicted octanol–water partition coefficient (Wildman–Crippen LogP) is 5.49. The fraction of sp³-hybridized carbons (Fsp3) is 0.364. The molecule has 1 heterocycles. The highest BCUT2D eigenvalue weighted by Gasteiger charge is 2.31. The SMILES string of the molecule is COC(=O)N1c2ccc(Br)c(NC(=O)CC(C)c3ccccc3)c2CC[C@@H]1C. The molecule has 1 aliphatic rings. The molecule has 1 aliphatic heterocycles. The molecule has 2 aromatic carbocycles. The molecular weight excluding hydrogens is 420 g/mol. The van der Waals surface area contributed by atoms with Crippen molar-refractivity contribution in [3.8, 4) is 0 Å². The number of methoxy groups -OCH3 is 1. The van der Waals surface area contributed by atoms with Gasteiger partial charge in [0.1, 0.15) is 0 Å². The molecule has 0 bridgehead atoms. The second kappa shape index (κ2) is 8.78. The molecule has 0 aromatic heterocycles. The van der Waals surface area contributed by atoms with Crippen molar-refractivity contribution in [2.45, 2.75) is 45.1 Å². The summed E-state index contributed by atoms with van der Waals surface area (Å²) >= 11 is 3.55. The summed E-state index contributed by atoms with van der Waals surface area (Å²) in [6, 6.07) is 13.8. The third kappa shape index (κ3) is 4.22. The standard InChI is InChI=1S/C22H25BrN2O3/c1-14(16-7-5-4-6-8-16)13-20(26)24-21-17-10-9-15(2)25(22(27)28-3)19(17)12-11-18(21)23/h4-8,11-12,14-15H,9-10,13H2,1-3H3,(H,24,26)/t14?,15-/m0/s1. The van der Waals surface area contributed by atoms with Gasteiger partial charge in [-0.25, -0.2) is 4.79 Å². The fourth-order valence-corrected chi connectivity index (χ4v) is 4.16. The molecule has 0 saturated carbocycles. The highest BCUT2D eigenvalue weighted by Crippen LogP contribution is 2.40. The lowest BCUT2D eigenvalue weighted by Gasteiger charge is -2.35. The van der Waals surface area contributed by atoms with Crippen LogP contribution in [-0.4, -0.2) is 25.2 Å². The summed E-state index contributed by atoms with van der Waals surface area (Å²) in [6.45, 7) is 4.05. The summed E-state index contributed by atoms with van der Waals surface area (Å²) in [5, 5.41) is 3.07. The first-order valence-corrected chi connectivity index (χ1v) is 10.2. The van der Waals surface area contributed by atoms with E-state index in [2.05, 4.69) is 21.2 Å². The number of carbonyl (C=O) groups is 2. The average Bonchev–Trinajstić information content (AvgIpc) is 2.70. The Kier molecular flexibility index (Phi) is 6.39. The Morgan fingerprint density at radius 3 is 2.64 bits per heavy atom. The van der Waals surface area contributed by atoms with Gasteiger partial charge in [-0.2, -0.15) is 0 Å². The summed E-state index contributed by atoms with van der Waals surface area (Å²) in [6.07, 6.45) is 1.59. The van der Waals surface area contributed by atoms with Gasteiger partial charge in [-0.3, -0.25) is 9.69 Å². The van der Waals surface area contributed by atoms with Crippen molar-refractivity contribution >= 4 is 39.3 Å². The van der Waals surface area contributed by atoms with E-state index in [0.29, 0.717) is 6.42 Å². The Hall–Kier alpha value is -2.34. The number of nitrogens with one attached hydrogen (secondary N) is 1. The second-order valence-electron chi connectivity index (χ2n) is 7.21. The summed E-state index contributed by atoms with van der Waals surface area (Å²) in [5.41, 5.74) is 3.62. The first-order valence-electron chi connectivity index (χ1n) is 9.45. The molecule has 0 spiro atoms. The van der Waals surface area contributed by atoms with Crippen LogP contribution in [0.3, 0.4) is 0 Å². The van der Waals surface area contributed by atoms with Gasteiger partial charge in [0.15, 0.2) is 0 Å². The zero-order chi connectivity index (χ0) is 20.3. The number of anilines is 2. The number of ether oxygens (including phenoxy) is 1. The minimum Gasteiger partial charge on any atom is -0.452 e. The first kappa shape index (κ1) is 20.4. The van der Waals surface area contributed by atoms with Crippen LogP contribution in [0.25, 0.3) is 0 Å². The molecule has 1 N–H and O–H groups in total. The van der Waals surface area contributed by atoms with Crippen molar-refractivity contribution in [2.24, 2.45) is 0 Å². The number of rotatable bonds is 4. The van der Waals surface area contributed by atoms with Crippen molar-refractivity contribution in [2.75, 3.05) is 17.3 Å². The van der Waals surface area contributed by atoms with Crippen molar-refractivity contribution in [3.63, 3.8) is 0 Å². The normalized spacial score (nSPS) is 16.9. The Labute approximate surface area is 174 Å². The largest absolute Gasteiger partial charge is 0.452 e. The Balaban J connectivity index is 1.84. The molecule has 0 saturated heterocycles. The fourth-order valence-electron chi connectivity index (χ4n) is 3.69. The summed E-state index contributed by atoms with van der Waals surface area (Å²) in [7, 11) is 1.38. The molecule has 28 heavy (non-hydrogen) atoms. The molecule has 2 aromatic rings. The van der Waals surface area contributed by atoms with Gasteiger partial charge >= 0.3 is 6.09 Å². The number of nitrogens with zero attached hydrogens (tertiary/aromatic N) is 1. The number of hydrogen-bond acceptors (Lipinski definition) is 3. The topological polar surface area (TPSA) is 58.6 Å². The zero-order valence-corrected chi connectivity index (χ0v) is 18.0. The van der Waals surface area contributed by atoms with Crippen LogP contribution in [0.1, 0.15) is 43.7 Å². The van der Waals surface area contributed by atoms with E-state index in [0.717, 1.165) is 39.8 Å². The van der Waals surface area contributed by atoms with Crippen molar-refractivity contribution in [1.29, 1.82) is 0 Å². The van der Waals surface area contributed by atoms with Gasteiger partial charge in [0.2, 0.25) is 5.91 Å². The highest BCUT2D eigenvalue weighted by atomic mass is 79.9. The number of benzene rings is 2. The van der Waals surface area contributed by atoms with E-state index in [1.807, 2.05) is 56.3 Å². The maximum absolute atomic E-state index is 12.7. The van der Waals surface area contributed by atoms with Crippen LogP contribution in [-0.2, 0) is 16.0 Å². The number of hydrogen-bond donors (Lipinski definition) is 1. The predicted molar refractivity (Wildman–Crippen MR) is 115 cm³/mol. The van der Waals surface area contributed by atoms with Gasteiger partial charge in [0.25, 0.3) is 0 Å². The van der Waals surface area contributed by atoms with Crippen molar-refractivity contribution < 1.29 is 14.3 Å². The van der Waals surface area contributed by atoms with Gasteiger partial charge in [-0.05, 0) is 59.3 Å². The van der Waals surface area contributed by atoms with E-state index in [-0.39, 0.29) is 24.0 Å². The van der Waals surface area contributed by atoms with E-state index in [9.17, 15) is 9.59 Å². The summed E-state index contributed by atoms with van der Waals surface area (Å²) < 4.78 is 5.77. The van der Waals surface area contributed by atoms with Crippen LogP contribution in [0.4, 0.5) is 16.2 Å². The molecule has 2 atom stereocenters. The number of fused-ring (bicyclic) bond motifs is 1. The van der Waals surface area contributed by atoms with Crippen LogP contribution in [0.5, 0.6) is 0 Å². The van der Waals surface area contributed by atoms with Crippen molar-refractivity contribution in [1.82, 2.24) is 0 Å². The van der Waals surface area contributed by atoms with Gasteiger partial charge in [-0.1, -0.05) is 37.3 Å². The maximum Gasteiger partial charge on any atom is 0.414 e. The Morgan fingerprint density at radius 1 is 1.25 bits per heavy atom. The lowest BCUT2D eigenvalue weighted by atomic mass is 9.94. The van der Waals surface area contributed by atoms with Crippen LogP contribution in [0, 0.1) is 0 Å². The lowest BCUT2D eigenvalue weighted by molar-refractivity contribution is -0.116. The molecular formula is C22H25BrN2O3. The molecule has 148 valence electrons. The summed E-state index contributed by atoms with van der Waals surface area (Å²) in [4.78, 5) is 26.7. The van der Waals surface area contributed by atoms with Crippen LogP contribution in [0.15, 0.2) is 46.9 Å². The average molecular weight is 445 g/mol. The minimum atomic E-state index is -0.384. The quantitative estimate of drug-likeness (QED) is 0.677. The number of halogens is 1. The lowest BCUT2D eigenvalue weighted by Crippen LogP contribution is -2.42. The summed E-state index contributed by atoms with van der Waals surface area (Å²) in [5.74, 6) is 0.0693. The van der Waals surface area contributed by atoms with Crippen LogP contribution < -0.4 is 10.2 Å². The minimum absolute atomic E-state index is 0.0442. The van der Waals surface area contributed by atoms with Gasteiger partial charge in [0, 0.05) is 22.5 Å². The van der Waals surface area contributed by atoms with Gasteiger partial charge in [-0.15, -0.1) is 0 Å². The zero-order valence-electron chi connectivity index (χ0n) is 16.4. The van der Waals surface area contributed by atoms with E-state index in [1.165, 1.54) is 7.11 Å². The highest BCUT2D eigenvalue weighted by molar-refractivity contribution is 9.10. The molecule has 0 aliphatic carbocycles. The Bertz CT molecular complexity index is 870. The van der Waals surface area contributed by atoms with E-state index >= 15 is 0 Å². The third-order valence-electron chi connectivity index (χ3n) is 5.25. The van der Waals surface area contributed by atoms with E-state index < -0.39 is 0 Å². The smallest absolute Gasteiger partial charge is 0.414 e. The third-order valence-corrected chi connectivity index (χ3v) is 5.91. The van der Waals surface area contributed by atoms with Crippen molar-refractivity contribution in [3.05, 3.63) is 58.1 Å². The molecule has 3 rings (SSSR count). The maximum atomic E-state index is 12.7. The molecule has 1 unspecified atom stereocenters. The number of amides is 2. The monoisotopic (exact) mass is 444 g/mol. The molecule has 5 nitrogen and oxygen atoms in total. The second-order valence-corrected chi connectivity index (χ2v) is 8.07. The molecule has 0 radical (unpaired) electrons. The molecule has 2 amide bonds. The van der Waals surface area contributed by atoms with E-state index in [4.69, 9.17) is 4.74 Å². The van der Waals surface area contributed by atoms with Crippen LogP contribution in [0.2, 0.25) is 0 Å². The van der Waals surface area contributed by atoms with E-state index in [1.54, 1.807) is 4.90 Å². The molecule has 6 heteroatoms. The Morgan fingerprint density at radius 2 is 1.96 bits per heavy atom. The first-order chi connectivity index (χ1) is 13.4. The number of carbonyl (C=O) groups excluding carboxylic acids is 2. The van der Waals surface area contributed by atoms with Gasteiger partial charge in [0.05, 0.1) is 18.5 Å². The van der Waals surface area contributed by atoms with Crippen LogP contribution >= 0.6 is 15.9 Å². The van der Waals surface area contributed by atoms with Gasteiger partial charge < -0.3 is 10.1 Å².